The third-order valence-electron chi connectivity index (χ3n) is 7.63. The Hall–Kier alpha value is -2.30. The Kier molecular flexibility index (Phi) is 6.32. The van der Waals surface area contributed by atoms with Crippen molar-refractivity contribution in [3.63, 3.8) is 0 Å². The number of nitrogens with zero attached hydrogens (tertiary/aromatic N) is 1. The Morgan fingerprint density at radius 1 is 1.08 bits per heavy atom. The van der Waals surface area contributed by atoms with Crippen LogP contribution >= 0.6 is 24.0 Å². The molecule has 6 rings (SSSR count). The molecular weight excluding hydrogens is 530 g/mol. The molecule has 6 unspecified atom stereocenters. The van der Waals surface area contributed by atoms with Crippen molar-refractivity contribution in [1.82, 2.24) is 4.90 Å². The number of sulfone groups is 1. The van der Waals surface area contributed by atoms with Crippen LogP contribution < -0.4 is 4.74 Å². The summed E-state index contributed by atoms with van der Waals surface area (Å²) in [7, 11) is -2.32. The lowest BCUT2D eigenvalue weighted by Gasteiger charge is -2.30. The molecule has 2 saturated carbocycles. The molecule has 0 aromatic heterocycles. The van der Waals surface area contributed by atoms with E-state index in [9.17, 15) is 13.2 Å². The highest BCUT2D eigenvalue weighted by atomic mass is 32.2. The van der Waals surface area contributed by atoms with Crippen LogP contribution in [-0.4, -0.2) is 65.7 Å². The van der Waals surface area contributed by atoms with Gasteiger partial charge in [0.05, 0.1) is 24.1 Å². The molecule has 0 N–H and O–H groups in total. The van der Waals surface area contributed by atoms with Crippen LogP contribution in [0.2, 0.25) is 0 Å². The van der Waals surface area contributed by atoms with E-state index in [4.69, 9.17) is 26.4 Å². The lowest BCUT2D eigenvalue weighted by molar-refractivity contribution is 0.0168. The number of ether oxygens (including phenoxy) is 3. The van der Waals surface area contributed by atoms with Crippen LogP contribution in [0.1, 0.15) is 37.8 Å². The first-order chi connectivity index (χ1) is 17.4. The zero-order valence-corrected chi connectivity index (χ0v) is 24.1. The number of methoxy groups -OCH3 is 1. The minimum absolute atomic E-state index is 0.238. The first-order valence-electron chi connectivity index (χ1n) is 12.1. The van der Waals surface area contributed by atoms with Gasteiger partial charge in [-0.25, -0.2) is 13.2 Å². The molecule has 0 spiro atoms. The third kappa shape index (κ3) is 3.86. The Labute approximate surface area is 227 Å². The molecule has 2 aliphatic heterocycles. The van der Waals surface area contributed by atoms with Gasteiger partial charge in [-0.15, -0.1) is 0 Å². The van der Waals surface area contributed by atoms with Crippen LogP contribution in [0.5, 0.6) is 5.75 Å². The van der Waals surface area contributed by atoms with Gasteiger partial charge < -0.3 is 14.2 Å². The van der Waals surface area contributed by atoms with Crippen LogP contribution in [0.3, 0.4) is 0 Å². The number of rotatable bonds is 5. The highest BCUT2D eigenvalue weighted by molar-refractivity contribution is 8.22. The van der Waals surface area contributed by atoms with Gasteiger partial charge in [0.2, 0.25) is 4.38 Å². The number of carbonyl (C=O) groups is 1. The van der Waals surface area contributed by atoms with Crippen molar-refractivity contribution in [3.8, 4) is 5.75 Å². The minimum atomic E-state index is -3.90. The molecule has 198 valence electrons. The molecule has 2 saturated heterocycles. The van der Waals surface area contributed by atoms with Gasteiger partial charge in [0.25, 0.3) is 0 Å². The van der Waals surface area contributed by atoms with Crippen molar-refractivity contribution >= 4 is 44.3 Å². The van der Waals surface area contributed by atoms with Gasteiger partial charge in [0.1, 0.15) is 22.2 Å². The summed E-state index contributed by atoms with van der Waals surface area (Å²) in [6.45, 7) is 7.31. The number of amides is 1. The van der Waals surface area contributed by atoms with Gasteiger partial charge in [0, 0.05) is 11.8 Å². The largest absolute Gasteiger partial charge is 0.497 e. The van der Waals surface area contributed by atoms with Gasteiger partial charge in [-0.1, -0.05) is 41.6 Å². The SMILES string of the molecule is COc1ccc(C2C3C(OC(=S)SC)C4C(N3C(=O)OC(C)(C)C)C24S(=O)(=O)c2ccc(C)cc2)cc1. The lowest BCUT2D eigenvalue weighted by atomic mass is 9.91. The van der Waals surface area contributed by atoms with Crippen LogP contribution in [-0.2, 0) is 19.3 Å². The highest BCUT2D eigenvalue weighted by Crippen LogP contribution is 2.77. The fourth-order valence-corrected chi connectivity index (χ4v) is 9.29. The van der Waals surface area contributed by atoms with Crippen LogP contribution in [0.25, 0.3) is 0 Å². The number of aryl methyl sites for hydroxylation is 1. The Morgan fingerprint density at radius 2 is 1.70 bits per heavy atom. The highest BCUT2D eigenvalue weighted by Gasteiger charge is 2.94. The molecule has 10 heteroatoms. The Morgan fingerprint density at radius 3 is 2.24 bits per heavy atom. The normalized spacial score (nSPS) is 29.7. The second-order valence-electron chi connectivity index (χ2n) is 10.8. The number of thiocarbonyl (C=S) groups is 1. The number of carbonyl (C=O) groups excluding carboxylic acids is 1. The van der Waals surface area contributed by atoms with Gasteiger partial charge in [-0.2, -0.15) is 0 Å². The van der Waals surface area contributed by atoms with Gasteiger partial charge >= 0.3 is 6.09 Å². The van der Waals surface area contributed by atoms with Crippen LogP contribution in [0.4, 0.5) is 4.79 Å². The average Bonchev–Trinajstić information content (AvgIpc) is 3.11. The fourth-order valence-electron chi connectivity index (χ4n) is 6.33. The number of benzene rings is 2. The summed E-state index contributed by atoms with van der Waals surface area (Å²) < 4.78 is 45.4. The predicted molar refractivity (Wildman–Crippen MR) is 147 cm³/mol. The zero-order chi connectivity index (χ0) is 26.9. The third-order valence-corrected chi connectivity index (χ3v) is 11.2. The smallest absolute Gasteiger partial charge is 0.411 e. The zero-order valence-electron chi connectivity index (χ0n) is 21.6. The number of thioether (sulfide) groups is 1. The molecule has 6 atom stereocenters. The molecular formula is C27H31NO6S3. The van der Waals surface area contributed by atoms with E-state index in [-0.39, 0.29) is 4.90 Å². The maximum atomic E-state index is 14.5. The van der Waals surface area contributed by atoms with Crippen LogP contribution in [0.15, 0.2) is 53.4 Å². The van der Waals surface area contributed by atoms with Crippen molar-refractivity contribution < 1.29 is 27.4 Å². The maximum absolute atomic E-state index is 14.5. The molecule has 4 fully saturated rings. The van der Waals surface area contributed by atoms with E-state index in [0.717, 1.165) is 11.1 Å². The van der Waals surface area contributed by atoms with E-state index in [0.29, 0.717) is 10.1 Å². The molecule has 4 bridgehead atoms. The Balaban J connectivity index is 1.69. The minimum Gasteiger partial charge on any atom is -0.497 e. The van der Waals surface area contributed by atoms with Crippen LogP contribution in [0, 0.1) is 12.8 Å². The number of hydrogen-bond acceptors (Lipinski definition) is 8. The standard InChI is InChI=1S/C27H31NO6S3/c1-15-7-13-18(14-8-15)37(30,31)27-19(16-9-11-17(32-5)12-10-16)21-22(33-25(35)36-6)20(27)23(27)28(21)24(29)34-26(2,3)4/h7-14,19-23H,1-6H3. The maximum Gasteiger partial charge on any atom is 0.411 e. The van der Waals surface area contributed by atoms with E-state index >= 15 is 0 Å². The van der Waals surface area contributed by atoms with Gasteiger partial charge in [-0.05, 0) is 76.0 Å². The van der Waals surface area contributed by atoms with Crippen molar-refractivity contribution in [3.05, 3.63) is 59.7 Å². The van der Waals surface area contributed by atoms with E-state index in [1.165, 1.54) is 11.8 Å². The second-order valence-corrected chi connectivity index (χ2v) is 14.4. The van der Waals surface area contributed by atoms with E-state index in [1.807, 2.05) is 37.4 Å². The predicted octanol–water partition coefficient (Wildman–Crippen LogP) is 4.96. The molecule has 4 aliphatic rings. The van der Waals surface area contributed by atoms with Crippen molar-refractivity contribution in [2.45, 2.75) is 67.0 Å². The summed E-state index contributed by atoms with van der Waals surface area (Å²) in [5.74, 6) is -0.298. The molecule has 37 heavy (non-hydrogen) atoms. The Bertz CT molecular complexity index is 1340. The van der Waals surface area contributed by atoms with Gasteiger partial charge in [-0.3, -0.25) is 4.90 Å². The number of piperidine rings is 2. The first-order valence-corrected chi connectivity index (χ1v) is 15.2. The molecule has 2 aromatic rings. The van der Waals surface area contributed by atoms with Gasteiger partial charge in [0.15, 0.2) is 9.84 Å². The summed E-state index contributed by atoms with van der Waals surface area (Å²) in [4.78, 5) is 15.4. The number of hydrogen-bond donors (Lipinski definition) is 0. The fraction of sp³-hybridized carbons (Fsp3) is 0.481. The average molecular weight is 562 g/mol. The molecule has 2 aromatic carbocycles. The lowest BCUT2D eigenvalue weighted by Crippen LogP contribution is -2.43. The van der Waals surface area contributed by atoms with Crippen molar-refractivity contribution in [2.24, 2.45) is 5.92 Å². The monoisotopic (exact) mass is 561 g/mol. The van der Waals surface area contributed by atoms with Crippen molar-refractivity contribution in [1.29, 1.82) is 0 Å². The van der Waals surface area contributed by atoms with E-state index < -0.39 is 56.3 Å². The van der Waals surface area contributed by atoms with Crippen molar-refractivity contribution in [2.75, 3.05) is 13.4 Å². The summed E-state index contributed by atoms with van der Waals surface area (Å²) in [6.07, 6.45) is 0.715. The summed E-state index contributed by atoms with van der Waals surface area (Å²) in [6, 6.07) is 13.1. The summed E-state index contributed by atoms with van der Waals surface area (Å²) >= 11 is 6.68. The van der Waals surface area contributed by atoms with E-state index in [2.05, 4.69) is 0 Å². The van der Waals surface area contributed by atoms with E-state index in [1.54, 1.807) is 57.0 Å². The molecule has 2 heterocycles. The molecule has 7 nitrogen and oxygen atoms in total. The first kappa shape index (κ1) is 26.3. The summed E-state index contributed by atoms with van der Waals surface area (Å²) in [5.41, 5.74) is 1.03. The molecule has 0 radical (unpaired) electrons. The molecule has 2 aliphatic carbocycles. The topological polar surface area (TPSA) is 82.1 Å². The summed E-state index contributed by atoms with van der Waals surface area (Å²) in [5, 5.41) is 0. The quantitative estimate of drug-likeness (QED) is 0.474. The second kappa shape index (κ2) is 8.88. The molecule has 1 amide bonds.